The molecule has 0 spiro atoms. The van der Waals surface area contributed by atoms with E-state index in [0.29, 0.717) is 5.02 Å². The molecule has 1 aromatic rings. The van der Waals surface area contributed by atoms with Crippen molar-refractivity contribution < 1.29 is 5.11 Å². The Hall–Kier alpha value is -0.180. The maximum Gasteiger partial charge on any atom is 0.101 e. The molecule has 3 heteroatoms. The molecule has 11 heavy (non-hydrogen) atoms. The molecule has 0 aromatic heterocycles. The van der Waals surface area contributed by atoms with Crippen LogP contribution in [0, 0.1) is 0 Å². The predicted molar refractivity (Wildman–Crippen MR) is 49.0 cm³/mol. The smallest absolute Gasteiger partial charge is 0.101 e. The summed E-state index contributed by atoms with van der Waals surface area (Å²) in [5.41, 5.74) is -0.381. The molecule has 0 fully saturated rings. The van der Waals surface area contributed by atoms with Gasteiger partial charge in [-0.2, -0.15) is 0 Å². The number of rotatable bonds is 2. The Balaban J connectivity index is 2.71. The highest BCUT2D eigenvalue weighted by Crippen LogP contribution is 2.23. The van der Waals surface area contributed by atoms with Crippen molar-refractivity contribution in [3.8, 4) is 0 Å². The first-order valence-corrected chi connectivity index (χ1v) is 4.54. The van der Waals surface area contributed by atoms with Crippen molar-refractivity contribution in [2.45, 2.75) is 17.3 Å². The van der Waals surface area contributed by atoms with Crippen molar-refractivity contribution in [3.05, 3.63) is 29.3 Å². The lowest BCUT2D eigenvalue weighted by atomic mass is 10.4. The molecule has 0 radical (unpaired) electrons. The molecule has 0 saturated heterocycles. The fourth-order valence-corrected chi connectivity index (χ4v) is 1.74. The maximum atomic E-state index is 9.02. The van der Waals surface area contributed by atoms with Gasteiger partial charge in [0, 0.05) is 9.92 Å². The van der Waals surface area contributed by atoms with Gasteiger partial charge < -0.3 is 5.11 Å². The normalized spacial score (nSPS) is 13.0. The number of aliphatic hydroxyl groups is 1. The lowest BCUT2D eigenvalue weighted by Gasteiger charge is -2.02. The average Bonchev–Trinajstić information content (AvgIpc) is 1.85. The summed E-state index contributed by atoms with van der Waals surface area (Å²) < 4.78 is 0. The van der Waals surface area contributed by atoms with E-state index >= 15 is 0 Å². The van der Waals surface area contributed by atoms with E-state index in [9.17, 15) is 0 Å². The van der Waals surface area contributed by atoms with E-state index in [0.717, 1.165) is 4.90 Å². The zero-order valence-electron chi connectivity index (χ0n) is 6.12. The molecule has 1 atom stereocenters. The molecule has 0 bridgehead atoms. The minimum atomic E-state index is -0.381. The van der Waals surface area contributed by atoms with Gasteiger partial charge in [-0.15, -0.1) is 0 Å². The first-order chi connectivity index (χ1) is 5.18. The number of aliphatic hydroxyl groups excluding tert-OH is 1. The summed E-state index contributed by atoms with van der Waals surface area (Å²) in [4.78, 5) is 0.993. The van der Waals surface area contributed by atoms with E-state index < -0.39 is 0 Å². The van der Waals surface area contributed by atoms with Gasteiger partial charge in [0.05, 0.1) is 0 Å². The second-order valence-electron chi connectivity index (χ2n) is 2.17. The summed E-state index contributed by atoms with van der Waals surface area (Å²) in [5, 5.41) is 9.72. The van der Waals surface area contributed by atoms with Crippen LogP contribution in [0.5, 0.6) is 0 Å². The van der Waals surface area contributed by atoms with Crippen LogP contribution in [-0.2, 0) is 0 Å². The number of halogens is 1. The summed E-state index contributed by atoms with van der Waals surface area (Å²) in [7, 11) is 0. The number of hydrogen-bond donors (Lipinski definition) is 1. The Morgan fingerprint density at radius 3 is 2.82 bits per heavy atom. The van der Waals surface area contributed by atoms with Crippen molar-refractivity contribution >= 4 is 23.4 Å². The second kappa shape index (κ2) is 4.00. The van der Waals surface area contributed by atoms with E-state index in [1.807, 2.05) is 24.3 Å². The van der Waals surface area contributed by atoms with Gasteiger partial charge in [0.25, 0.3) is 0 Å². The quantitative estimate of drug-likeness (QED) is 0.569. The van der Waals surface area contributed by atoms with Crippen LogP contribution in [0.3, 0.4) is 0 Å². The average molecular weight is 189 g/mol. The fourth-order valence-electron chi connectivity index (χ4n) is 0.737. The number of thioether (sulfide) groups is 1. The zero-order chi connectivity index (χ0) is 8.27. The van der Waals surface area contributed by atoms with Gasteiger partial charge in [-0.3, -0.25) is 0 Å². The molecule has 1 N–H and O–H groups in total. The fraction of sp³-hybridized carbons (Fsp3) is 0.250. The van der Waals surface area contributed by atoms with Gasteiger partial charge in [0.1, 0.15) is 5.44 Å². The molecule has 0 aliphatic heterocycles. The minimum absolute atomic E-state index is 0.381. The molecule has 1 rings (SSSR count). The molecular formula is C8H9ClOS. The van der Waals surface area contributed by atoms with Gasteiger partial charge in [-0.05, 0) is 25.1 Å². The van der Waals surface area contributed by atoms with Crippen molar-refractivity contribution in [3.63, 3.8) is 0 Å². The van der Waals surface area contributed by atoms with Gasteiger partial charge in [-0.25, -0.2) is 0 Å². The topological polar surface area (TPSA) is 20.2 Å². The molecule has 0 heterocycles. The van der Waals surface area contributed by atoms with Crippen LogP contribution in [0.1, 0.15) is 6.92 Å². The molecular weight excluding hydrogens is 180 g/mol. The van der Waals surface area contributed by atoms with E-state index in [4.69, 9.17) is 16.7 Å². The maximum absolute atomic E-state index is 9.02. The molecule has 0 aliphatic rings. The first-order valence-electron chi connectivity index (χ1n) is 3.29. The molecule has 1 aromatic carbocycles. The van der Waals surface area contributed by atoms with Crippen LogP contribution < -0.4 is 0 Å². The van der Waals surface area contributed by atoms with Crippen LogP contribution in [0.25, 0.3) is 0 Å². The number of benzene rings is 1. The zero-order valence-corrected chi connectivity index (χ0v) is 7.69. The third-order valence-corrected chi connectivity index (χ3v) is 2.21. The SMILES string of the molecule is C[C@H](O)Sc1cccc(Cl)c1. The molecule has 0 saturated carbocycles. The second-order valence-corrected chi connectivity index (χ2v) is 4.00. The van der Waals surface area contributed by atoms with Crippen LogP contribution in [0.4, 0.5) is 0 Å². The van der Waals surface area contributed by atoms with Crippen molar-refractivity contribution in [1.29, 1.82) is 0 Å². The third kappa shape index (κ3) is 3.14. The van der Waals surface area contributed by atoms with E-state index in [1.54, 1.807) is 6.92 Å². The van der Waals surface area contributed by atoms with E-state index in [2.05, 4.69) is 0 Å². The van der Waals surface area contributed by atoms with Crippen LogP contribution >= 0.6 is 23.4 Å². The lowest BCUT2D eigenvalue weighted by Crippen LogP contribution is -1.90. The summed E-state index contributed by atoms with van der Waals surface area (Å²) in [6.07, 6.45) is 0. The monoisotopic (exact) mass is 188 g/mol. The summed E-state index contributed by atoms with van der Waals surface area (Å²) in [6, 6.07) is 7.43. The first kappa shape index (κ1) is 8.91. The molecule has 0 amide bonds. The Kier molecular flexibility index (Phi) is 3.24. The number of hydrogen-bond acceptors (Lipinski definition) is 2. The predicted octanol–water partition coefficient (Wildman–Crippen LogP) is 2.77. The van der Waals surface area contributed by atoms with Crippen molar-refractivity contribution in [1.82, 2.24) is 0 Å². The highest BCUT2D eigenvalue weighted by molar-refractivity contribution is 7.99. The highest BCUT2D eigenvalue weighted by atomic mass is 35.5. The minimum Gasteiger partial charge on any atom is -0.382 e. The van der Waals surface area contributed by atoms with Crippen LogP contribution in [0.15, 0.2) is 29.2 Å². The largest absolute Gasteiger partial charge is 0.382 e. The van der Waals surface area contributed by atoms with E-state index in [1.165, 1.54) is 11.8 Å². The molecule has 1 nitrogen and oxygen atoms in total. The van der Waals surface area contributed by atoms with Gasteiger partial charge >= 0.3 is 0 Å². The van der Waals surface area contributed by atoms with Crippen LogP contribution in [0.2, 0.25) is 5.02 Å². The van der Waals surface area contributed by atoms with Crippen molar-refractivity contribution in [2.75, 3.05) is 0 Å². The van der Waals surface area contributed by atoms with Crippen LogP contribution in [-0.4, -0.2) is 10.5 Å². The third-order valence-electron chi connectivity index (χ3n) is 1.10. The standard InChI is InChI=1S/C8H9ClOS/c1-6(10)11-8-4-2-3-7(9)5-8/h2-6,10H,1H3/t6-/m1/s1. The van der Waals surface area contributed by atoms with E-state index in [-0.39, 0.29) is 5.44 Å². The van der Waals surface area contributed by atoms with Gasteiger partial charge in [0.15, 0.2) is 0 Å². The summed E-state index contributed by atoms with van der Waals surface area (Å²) in [6.45, 7) is 1.73. The highest BCUT2D eigenvalue weighted by Gasteiger charge is 1.98. The molecule has 60 valence electrons. The Bertz CT molecular complexity index is 237. The van der Waals surface area contributed by atoms with Gasteiger partial charge in [-0.1, -0.05) is 29.4 Å². The molecule has 0 aliphatic carbocycles. The summed E-state index contributed by atoms with van der Waals surface area (Å²) in [5.74, 6) is 0. The van der Waals surface area contributed by atoms with Crippen molar-refractivity contribution in [2.24, 2.45) is 0 Å². The Labute approximate surface area is 75.4 Å². The Morgan fingerprint density at radius 1 is 1.55 bits per heavy atom. The molecule has 0 unspecified atom stereocenters. The lowest BCUT2D eigenvalue weighted by molar-refractivity contribution is 0.284. The summed E-state index contributed by atoms with van der Waals surface area (Å²) >= 11 is 7.12. The van der Waals surface area contributed by atoms with Gasteiger partial charge in [0.2, 0.25) is 0 Å². The Morgan fingerprint density at radius 2 is 2.27 bits per heavy atom.